The fourth-order valence-corrected chi connectivity index (χ4v) is 6.05. The highest BCUT2D eigenvalue weighted by molar-refractivity contribution is 6.02. The number of amides is 4. The Morgan fingerprint density at radius 3 is 2.42 bits per heavy atom. The standard InChI is InChI=1S/C32H45N5O6/c1-20(2)26(27(38)21-14-16-23(17-15-21)36(3)4)34-31(43)33-24-12-9-7-5-6-8-11-22-19-32(22,30(41)42)35-28(39)25-13-10-18-37(25)29(24)40/h8,11,14-17,20,22,24-26H,5-7,9-10,12-13,18-19H2,1-4H3,(H,35,39)(H,41,42)(H2,33,34,43)/b11-8-/t22?,24-,25-,26-,32+/m0/s1. The van der Waals surface area contributed by atoms with Crippen LogP contribution in [0, 0.1) is 11.8 Å². The van der Waals surface area contributed by atoms with Gasteiger partial charge in [0.15, 0.2) is 5.78 Å². The average Bonchev–Trinajstić information content (AvgIpc) is 3.43. The minimum Gasteiger partial charge on any atom is -0.479 e. The van der Waals surface area contributed by atoms with Gasteiger partial charge < -0.3 is 30.9 Å². The number of anilines is 1. The molecule has 4 rings (SSSR count). The van der Waals surface area contributed by atoms with Crippen LogP contribution in [0.3, 0.4) is 0 Å². The SMILES string of the molecule is CC(C)[C@H](NC(=O)N[C@H]1CCCCC/C=C\C2C[C@@]2(C(=O)O)NC(=O)[C@@H]2CCCN2C1=O)C(=O)c1ccc(N(C)C)cc1. The first-order valence-corrected chi connectivity index (χ1v) is 15.4. The number of rotatable bonds is 7. The van der Waals surface area contributed by atoms with Crippen molar-refractivity contribution in [2.45, 2.75) is 88.9 Å². The molecule has 1 saturated carbocycles. The zero-order valence-corrected chi connectivity index (χ0v) is 25.6. The summed E-state index contributed by atoms with van der Waals surface area (Å²) in [6, 6.07) is 4.05. The number of allylic oxidation sites excluding steroid dienone is 1. The van der Waals surface area contributed by atoms with Crippen LogP contribution in [0.4, 0.5) is 10.5 Å². The highest BCUT2D eigenvalue weighted by Gasteiger charge is 2.61. The molecule has 43 heavy (non-hydrogen) atoms. The number of carboxylic acid groups (broad SMARTS) is 1. The van der Waals surface area contributed by atoms with E-state index in [1.165, 1.54) is 4.90 Å². The molecule has 4 N–H and O–H groups in total. The van der Waals surface area contributed by atoms with Crippen LogP contribution < -0.4 is 20.9 Å². The van der Waals surface area contributed by atoms with E-state index >= 15 is 0 Å². The second kappa shape index (κ2) is 13.6. The molecule has 11 nitrogen and oxygen atoms in total. The molecular weight excluding hydrogens is 550 g/mol. The average molecular weight is 596 g/mol. The number of Topliss-reactive ketones (excluding diaryl/α,β-unsaturated/α-hetero) is 1. The molecule has 1 aromatic carbocycles. The number of aliphatic carboxylic acids is 1. The number of ketones is 1. The lowest BCUT2D eigenvalue weighted by Gasteiger charge is -2.30. The van der Waals surface area contributed by atoms with Crippen molar-refractivity contribution >= 4 is 35.3 Å². The number of carbonyl (C=O) groups is 5. The van der Waals surface area contributed by atoms with Gasteiger partial charge in [-0.3, -0.25) is 14.4 Å². The van der Waals surface area contributed by atoms with Crippen LogP contribution in [0.5, 0.6) is 0 Å². The van der Waals surface area contributed by atoms with E-state index < -0.39 is 41.6 Å². The monoisotopic (exact) mass is 595 g/mol. The second-order valence-corrected chi connectivity index (χ2v) is 12.5. The van der Waals surface area contributed by atoms with E-state index in [9.17, 15) is 29.1 Å². The van der Waals surface area contributed by atoms with Gasteiger partial charge in [-0.2, -0.15) is 0 Å². The fourth-order valence-electron chi connectivity index (χ4n) is 6.05. The number of urea groups is 1. The summed E-state index contributed by atoms with van der Waals surface area (Å²) in [4.78, 5) is 69.3. The minimum absolute atomic E-state index is 0.206. The Morgan fingerprint density at radius 2 is 1.77 bits per heavy atom. The summed E-state index contributed by atoms with van der Waals surface area (Å²) in [6.07, 6.45) is 8.69. The van der Waals surface area contributed by atoms with Crippen molar-refractivity contribution in [2.24, 2.45) is 11.8 Å². The number of nitrogens with zero attached hydrogens (tertiary/aromatic N) is 2. The molecule has 2 heterocycles. The normalized spacial score (nSPS) is 27.5. The third-order valence-corrected chi connectivity index (χ3v) is 8.82. The van der Waals surface area contributed by atoms with Gasteiger partial charge in [0.05, 0.1) is 6.04 Å². The van der Waals surface area contributed by atoms with E-state index in [1.54, 1.807) is 12.1 Å². The molecule has 4 amide bonds. The molecule has 1 saturated heterocycles. The fraction of sp³-hybridized carbons (Fsp3) is 0.594. The van der Waals surface area contributed by atoms with Crippen molar-refractivity contribution in [3.8, 4) is 0 Å². The molecule has 5 atom stereocenters. The lowest BCUT2D eigenvalue weighted by atomic mass is 9.95. The second-order valence-electron chi connectivity index (χ2n) is 12.5. The number of fused-ring (bicyclic) bond motifs is 2. The summed E-state index contributed by atoms with van der Waals surface area (Å²) in [7, 11) is 3.83. The lowest BCUT2D eigenvalue weighted by Crippen LogP contribution is -2.58. The highest BCUT2D eigenvalue weighted by atomic mass is 16.4. The van der Waals surface area contributed by atoms with Crippen molar-refractivity contribution in [1.29, 1.82) is 0 Å². The van der Waals surface area contributed by atoms with Gasteiger partial charge in [0, 0.05) is 37.8 Å². The molecule has 0 bridgehead atoms. The van der Waals surface area contributed by atoms with Crippen molar-refractivity contribution in [1.82, 2.24) is 20.9 Å². The molecule has 1 unspecified atom stereocenters. The summed E-state index contributed by atoms with van der Waals surface area (Å²) >= 11 is 0. The smallest absolute Gasteiger partial charge is 0.330 e. The summed E-state index contributed by atoms with van der Waals surface area (Å²) in [5.74, 6) is -2.63. The Morgan fingerprint density at radius 1 is 1.05 bits per heavy atom. The van der Waals surface area contributed by atoms with Gasteiger partial charge in [-0.15, -0.1) is 0 Å². The van der Waals surface area contributed by atoms with E-state index in [2.05, 4.69) is 16.0 Å². The first-order valence-electron chi connectivity index (χ1n) is 15.4. The quantitative estimate of drug-likeness (QED) is 0.280. The summed E-state index contributed by atoms with van der Waals surface area (Å²) < 4.78 is 0. The van der Waals surface area contributed by atoms with Crippen LogP contribution in [0.15, 0.2) is 36.4 Å². The Labute approximate surface area is 253 Å². The predicted molar refractivity (Wildman–Crippen MR) is 163 cm³/mol. The largest absolute Gasteiger partial charge is 0.479 e. The minimum atomic E-state index is -1.34. The van der Waals surface area contributed by atoms with Crippen LogP contribution in [0.1, 0.15) is 75.6 Å². The van der Waals surface area contributed by atoms with Gasteiger partial charge in [-0.25, -0.2) is 9.59 Å². The van der Waals surface area contributed by atoms with E-state index in [4.69, 9.17) is 0 Å². The molecule has 234 valence electrons. The number of hydrogen-bond acceptors (Lipinski definition) is 6. The number of hydrogen-bond donors (Lipinski definition) is 4. The summed E-state index contributed by atoms with van der Waals surface area (Å²) in [5, 5.41) is 18.2. The number of carbonyl (C=O) groups excluding carboxylic acids is 4. The van der Waals surface area contributed by atoms with Crippen molar-refractivity contribution < 1.29 is 29.1 Å². The predicted octanol–water partition coefficient (Wildman–Crippen LogP) is 3.10. The summed E-state index contributed by atoms with van der Waals surface area (Å²) in [5.41, 5.74) is 0.0891. The van der Waals surface area contributed by atoms with Gasteiger partial charge in [0.2, 0.25) is 11.8 Å². The van der Waals surface area contributed by atoms with E-state index in [-0.39, 0.29) is 23.5 Å². The Bertz CT molecular complexity index is 1250. The van der Waals surface area contributed by atoms with Crippen molar-refractivity contribution in [3.05, 3.63) is 42.0 Å². The molecule has 0 aromatic heterocycles. The zero-order valence-electron chi connectivity index (χ0n) is 25.6. The first-order chi connectivity index (χ1) is 20.4. The molecular formula is C32H45N5O6. The maximum Gasteiger partial charge on any atom is 0.330 e. The maximum absolute atomic E-state index is 13.8. The van der Waals surface area contributed by atoms with E-state index in [1.807, 2.05) is 57.1 Å². The Balaban J connectivity index is 1.49. The molecule has 2 aliphatic heterocycles. The number of carboxylic acids is 1. The number of benzene rings is 1. The zero-order chi connectivity index (χ0) is 31.3. The van der Waals surface area contributed by atoms with Gasteiger partial charge >= 0.3 is 12.0 Å². The van der Waals surface area contributed by atoms with Crippen LogP contribution in [0.2, 0.25) is 0 Å². The topological polar surface area (TPSA) is 148 Å². The van der Waals surface area contributed by atoms with Crippen LogP contribution in [-0.4, -0.2) is 83.9 Å². The third kappa shape index (κ3) is 7.37. The van der Waals surface area contributed by atoms with Crippen LogP contribution in [-0.2, 0) is 14.4 Å². The first kappa shape index (κ1) is 32.0. The van der Waals surface area contributed by atoms with Gasteiger partial charge in [0.25, 0.3) is 0 Å². The van der Waals surface area contributed by atoms with E-state index in [0.29, 0.717) is 44.2 Å². The van der Waals surface area contributed by atoms with Crippen LogP contribution >= 0.6 is 0 Å². The maximum atomic E-state index is 13.8. The molecule has 3 aliphatic rings. The Kier molecular flexibility index (Phi) is 10.1. The summed E-state index contributed by atoms with van der Waals surface area (Å²) in [6.45, 7) is 4.04. The molecule has 1 aromatic rings. The molecule has 11 heteroatoms. The highest BCUT2D eigenvalue weighted by Crippen LogP contribution is 2.45. The van der Waals surface area contributed by atoms with Gasteiger partial charge in [-0.05, 0) is 68.7 Å². The molecule has 1 aliphatic carbocycles. The van der Waals surface area contributed by atoms with Crippen molar-refractivity contribution in [2.75, 3.05) is 25.5 Å². The van der Waals surface area contributed by atoms with Crippen molar-refractivity contribution in [3.63, 3.8) is 0 Å². The molecule has 0 radical (unpaired) electrons. The molecule has 2 fully saturated rings. The third-order valence-electron chi connectivity index (χ3n) is 8.82. The Hall–Kier alpha value is -3.89. The molecule has 0 spiro atoms. The van der Waals surface area contributed by atoms with Gasteiger partial charge in [0.1, 0.15) is 17.6 Å². The lowest BCUT2D eigenvalue weighted by molar-refractivity contribution is -0.145. The van der Waals surface area contributed by atoms with Crippen LogP contribution in [0.25, 0.3) is 0 Å². The van der Waals surface area contributed by atoms with Gasteiger partial charge in [-0.1, -0.05) is 38.8 Å². The number of nitrogens with one attached hydrogen (secondary N) is 3. The van der Waals surface area contributed by atoms with E-state index in [0.717, 1.165) is 24.9 Å².